The third-order valence-corrected chi connectivity index (χ3v) is 7.34. The van der Waals surface area contributed by atoms with Crippen molar-refractivity contribution in [2.24, 2.45) is 10.5 Å². The number of amides is 1. The van der Waals surface area contributed by atoms with Crippen molar-refractivity contribution in [1.82, 2.24) is 9.99 Å². The number of guanidine groups is 1. The highest BCUT2D eigenvalue weighted by Crippen LogP contribution is 2.43. The lowest BCUT2D eigenvalue weighted by Crippen LogP contribution is -2.35. The monoisotopic (exact) mass is 619 g/mol. The molecule has 43 heavy (non-hydrogen) atoms. The van der Waals surface area contributed by atoms with Gasteiger partial charge in [0.25, 0.3) is 13.4 Å². The first-order valence-corrected chi connectivity index (χ1v) is 15.0. The van der Waals surface area contributed by atoms with Gasteiger partial charge in [0.2, 0.25) is 5.96 Å². The Morgan fingerprint density at radius 2 is 1.63 bits per heavy atom. The summed E-state index contributed by atoms with van der Waals surface area (Å²) in [5.74, 6) is -2.05. The van der Waals surface area contributed by atoms with Crippen molar-refractivity contribution < 1.29 is 42.7 Å². The molecule has 2 aromatic carbocycles. The number of hydrogen-bond acceptors (Lipinski definition) is 9. The maximum Gasteiger partial charge on any atom is 0.343 e. The number of ether oxygens (including phenoxy) is 4. The Balaban J connectivity index is 1.96. The van der Waals surface area contributed by atoms with Gasteiger partial charge < -0.3 is 34.9 Å². The largest absolute Gasteiger partial charge is 0.462 e. The predicted octanol–water partition coefficient (Wildman–Crippen LogP) is 2.53. The normalized spacial score (nSPS) is 13.4. The number of benzene rings is 2. The predicted molar refractivity (Wildman–Crippen MR) is 160 cm³/mol. The Hall–Kier alpha value is -4.26. The van der Waals surface area contributed by atoms with Crippen LogP contribution in [0.4, 0.5) is 5.69 Å². The Labute approximate surface area is 250 Å². The van der Waals surface area contributed by atoms with E-state index in [0.29, 0.717) is 11.3 Å². The van der Waals surface area contributed by atoms with Crippen LogP contribution in [0, 0.1) is 0 Å². The van der Waals surface area contributed by atoms with Crippen LogP contribution in [0.3, 0.4) is 0 Å². The molecule has 0 aliphatic rings. The number of nitrogens with two attached hydrogens (primary N) is 1. The van der Waals surface area contributed by atoms with E-state index in [1.807, 2.05) is 0 Å². The van der Waals surface area contributed by atoms with E-state index < -0.39 is 31.4 Å². The molecule has 1 amide bonds. The van der Waals surface area contributed by atoms with Crippen LogP contribution >= 0.6 is 7.44 Å². The number of nitrogens with zero attached hydrogens (tertiary/aromatic N) is 2. The molecule has 0 spiro atoms. The number of nitrogens with one attached hydrogen (secondary N) is 2. The van der Waals surface area contributed by atoms with Crippen LogP contribution in [-0.2, 0) is 39.6 Å². The summed E-state index contributed by atoms with van der Waals surface area (Å²) in [6, 6.07) is 11.4. The fourth-order valence-corrected chi connectivity index (χ4v) is 4.98. The highest BCUT2D eigenvalue weighted by molar-refractivity contribution is 7.60. The van der Waals surface area contributed by atoms with E-state index in [9.17, 15) is 23.7 Å². The summed E-state index contributed by atoms with van der Waals surface area (Å²) in [6.45, 7) is 4.55. The molecule has 2 atom stereocenters. The summed E-state index contributed by atoms with van der Waals surface area (Å²) in [5, 5.41) is 5.42. The van der Waals surface area contributed by atoms with Gasteiger partial charge in [-0.05, 0) is 62.7 Å². The number of likely N-dealkylation sites (N-methyl/N-ethyl adjacent to an activating group) is 1. The third kappa shape index (κ3) is 12.2. The Morgan fingerprint density at radius 1 is 1.00 bits per heavy atom. The fraction of sp³-hybridized carbons (Fsp3) is 0.393. The molecule has 0 heterocycles. The van der Waals surface area contributed by atoms with Gasteiger partial charge in [0.05, 0.1) is 18.1 Å². The maximum atomic E-state index is 13.2. The zero-order valence-corrected chi connectivity index (χ0v) is 25.9. The maximum absolute atomic E-state index is 13.2. The first-order valence-electron chi connectivity index (χ1n) is 13.2. The first-order chi connectivity index (χ1) is 20.2. The molecular weight excluding hydrogens is 581 g/mol. The molecule has 15 heteroatoms. The smallest absolute Gasteiger partial charge is 0.343 e. The molecule has 0 radical (unpaired) electrons. The van der Waals surface area contributed by atoms with Gasteiger partial charge in [0, 0.05) is 26.9 Å². The molecule has 2 aromatic rings. The number of carbonyl (C=O) groups excluding carboxylic acids is 4. The average Bonchev–Trinajstić information content (AvgIpc) is 2.92. The van der Waals surface area contributed by atoms with Crippen LogP contribution in [0.5, 0.6) is 5.75 Å². The third-order valence-electron chi connectivity index (χ3n) is 5.40. The second-order valence-corrected chi connectivity index (χ2v) is 11.9. The summed E-state index contributed by atoms with van der Waals surface area (Å²) in [5.41, 5.74) is 7.26. The molecule has 0 aliphatic carbocycles. The topological polar surface area (TPSA) is 188 Å². The van der Waals surface area contributed by atoms with E-state index in [-0.39, 0.29) is 48.7 Å². The van der Waals surface area contributed by atoms with Gasteiger partial charge in [0.1, 0.15) is 18.1 Å². The number of hydrogen-bond donors (Lipinski definition) is 3. The van der Waals surface area contributed by atoms with Gasteiger partial charge in [-0.1, -0.05) is 12.1 Å². The van der Waals surface area contributed by atoms with E-state index in [4.69, 9.17) is 24.7 Å². The summed E-state index contributed by atoms with van der Waals surface area (Å²) in [6.07, 6.45) is -0.705. The van der Waals surface area contributed by atoms with Crippen LogP contribution in [0.2, 0.25) is 0 Å². The van der Waals surface area contributed by atoms with Crippen LogP contribution < -0.4 is 20.9 Å². The van der Waals surface area contributed by atoms with Gasteiger partial charge in [-0.25, -0.2) is 9.88 Å². The molecular formula is C28H38N5O9P. The highest BCUT2D eigenvalue weighted by atomic mass is 31.2. The van der Waals surface area contributed by atoms with Gasteiger partial charge in [-0.3, -0.25) is 18.9 Å². The lowest BCUT2D eigenvalue weighted by molar-refractivity contribution is -0.150. The Kier molecular flexibility index (Phi) is 13.3. The van der Waals surface area contributed by atoms with Gasteiger partial charge in [0.15, 0.2) is 6.61 Å². The van der Waals surface area contributed by atoms with Crippen molar-refractivity contribution in [3.8, 4) is 5.75 Å². The van der Waals surface area contributed by atoms with Crippen molar-refractivity contribution in [1.29, 1.82) is 0 Å². The minimum atomic E-state index is -3.64. The van der Waals surface area contributed by atoms with Gasteiger partial charge >= 0.3 is 17.9 Å². The van der Waals surface area contributed by atoms with Crippen molar-refractivity contribution >= 4 is 42.9 Å². The molecule has 0 aromatic heterocycles. The fourth-order valence-electron chi connectivity index (χ4n) is 3.33. The van der Waals surface area contributed by atoms with E-state index in [1.165, 1.54) is 43.2 Å². The standard InChI is InChI=1S/C28H38N5O9P/c1-18(2)41-26(36)19(3)31-43(38,17-39-6)32-28(29)30-22-11-9-21(10-12-22)27(37)42-23-13-7-20(8-14-23)15-25(35)40-16-24(34)33(4)5/h7-14,18-19H,15-17H2,1-6H3,(H4,29,30,31,32,38). The minimum absolute atomic E-state index is 0.0451. The molecule has 2 unspecified atom stereocenters. The number of esters is 3. The number of anilines is 1. The molecule has 0 aliphatic heterocycles. The van der Waals surface area contributed by atoms with E-state index >= 15 is 0 Å². The van der Waals surface area contributed by atoms with Crippen LogP contribution in [0.1, 0.15) is 36.7 Å². The molecule has 14 nitrogen and oxygen atoms in total. The molecule has 4 N–H and O–H groups in total. The average molecular weight is 620 g/mol. The summed E-state index contributed by atoms with van der Waals surface area (Å²) in [7, 11) is 0.826. The van der Waals surface area contributed by atoms with Crippen molar-refractivity contribution in [2.45, 2.75) is 39.3 Å². The second-order valence-electron chi connectivity index (χ2n) is 9.80. The Morgan fingerprint density at radius 3 is 2.19 bits per heavy atom. The molecule has 234 valence electrons. The lowest BCUT2D eigenvalue weighted by Gasteiger charge is -2.20. The van der Waals surface area contributed by atoms with Gasteiger partial charge in [-0.15, -0.1) is 0 Å². The van der Waals surface area contributed by atoms with E-state index in [2.05, 4.69) is 15.2 Å². The van der Waals surface area contributed by atoms with Crippen LogP contribution in [0.25, 0.3) is 0 Å². The molecule has 0 saturated carbocycles. The van der Waals surface area contributed by atoms with Crippen molar-refractivity contribution in [3.63, 3.8) is 0 Å². The molecule has 0 bridgehead atoms. The Bertz CT molecular complexity index is 1350. The number of rotatable bonds is 14. The van der Waals surface area contributed by atoms with Gasteiger partial charge in [-0.2, -0.15) is 4.76 Å². The number of carbonyl (C=O) groups is 4. The quantitative estimate of drug-likeness (QED) is 0.0923. The van der Waals surface area contributed by atoms with Crippen LogP contribution in [-0.4, -0.2) is 81.0 Å². The van der Waals surface area contributed by atoms with Crippen molar-refractivity contribution in [3.05, 3.63) is 59.7 Å². The van der Waals surface area contributed by atoms with E-state index in [1.54, 1.807) is 52.2 Å². The lowest BCUT2D eigenvalue weighted by atomic mass is 10.1. The summed E-state index contributed by atoms with van der Waals surface area (Å²) < 4.78 is 37.7. The highest BCUT2D eigenvalue weighted by Gasteiger charge is 2.28. The number of methoxy groups -OCH3 is 1. The minimum Gasteiger partial charge on any atom is -0.462 e. The first kappa shape index (κ1) is 34.9. The molecule has 0 fully saturated rings. The van der Waals surface area contributed by atoms with Crippen LogP contribution in [0.15, 0.2) is 53.3 Å². The zero-order chi connectivity index (χ0) is 32.2. The molecule has 0 saturated heterocycles. The SMILES string of the molecule is COCP(=O)(N=C(N)Nc1ccc(C(=O)Oc2ccc(CC(=O)OCC(=O)N(C)C)cc2)cc1)NC(C)C(=O)OC(C)C. The molecule has 2 rings (SSSR count). The van der Waals surface area contributed by atoms with Crippen molar-refractivity contribution in [2.75, 3.05) is 39.5 Å². The summed E-state index contributed by atoms with van der Waals surface area (Å²) >= 11 is 0. The summed E-state index contributed by atoms with van der Waals surface area (Å²) in [4.78, 5) is 49.5. The second kappa shape index (κ2) is 16.4. The zero-order valence-electron chi connectivity index (χ0n) is 25.0. The van der Waals surface area contributed by atoms with E-state index in [0.717, 1.165) is 0 Å².